The highest BCUT2D eigenvalue weighted by atomic mass is 19.4. The highest BCUT2D eigenvalue weighted by Crippen LogP contribution is 2.53. The zero-order chi connectivity index (χ0) is 29.6. The van der Waals surface area contributed by atoms with Gasteiger partial charge >= 0.3 is 6.18 Å². The van der Waals surface area contributed by atoms with Gasteiger partial charge in [-0.3, -0.25) is 0 Å². The van der Waals surface area contributed by atoms with Gasteiger partial charge in [-0.1, -0.05) is 76.6 Å². The molecule has 2 nitrogen and oxygen atoms in total. The first-order valence-corrected chi connectivity index (χ1v) is 14.2. The molecule has 5 heteroatoms. The first kappa shape index (κ1) is 27.6. The molecule has 2 heterocycles. The normalized spacial score (nSPS) is 13.6. The van der Waals surface area contributed by atoms with E-state index >= 15 is 0 Å². The standard InChI is InChI=1S/C36H37F3NO/c1-20-12-13-24-26(16-20)21(2)29-32-31-25(14-15-40(32)8)30-22(10-9-11-23(30)18-35(6,7)36(37,38)39)17-28(31)41-33(29)27(24)19-34(3,4)5/h9-17H,18-19H2,1-8H3/q+1. The van der Waals surface area contributed by atoms with E-state index in [0.29, 0.717) is 5.56 Å². The molecule has 0 radical (unpaired) electrons. The zero-order valence-corrected chi connectivity index (χ0v) is 25.1. The maximum Gasteiger partial charge on any atom is 0.394 e. The quantitative estimate of drug-likeness (QED) is 0.156. The van der Waals surface area contributed by atoms with Gasteiger partial charge in [0.05, 0.1) is 16.4 Å². The first-order valence-electron chi connectivity index (χ1n) is 14.2. The number of rotatable bonds is 3. The number of benzene rings is 4. The van der Waals surface area contributed by atoms with Gasteiger partial charge in [0.25, 0.3) is 0 Å². The van der Waals surface area contributed by atoms with Crippen LogP contribution in [0.3, 0.4) is 0 Å². The molecule has 0 saturated carbocycles. The van der Waals surface area contributed by atoms with Gasteiger partial charge < -0.3 is 4.74 Å². The molecule has 0 bridgehead atoms. The Bertz CT molecular complexity index is 1890. The third kappa shape index (κ3) is 4.36. The van der Waals surface area contributed by atoms with Crippen molar-refractivity contribution in [3.8, 4) is 22.8 Å². The van der Waals surface area contributed by atoms with Gasteiger partial charge in [0.2, 0.25) is 5.69 Å². The fourth-order valence-electron chi connectivity index (χ4n) is 6.52. The second kappa shape index (κ2) is 8.95. The van der Waals surface area contributed by atoms with Crippen molar-refractivity contribution in [1.29, 1.82) is 0 Å². The highest BCUT2D eigenvalue weighted by molar-refractivity contribution is 6.17. The smallest absolute Gasteiger partial charge is 0.394 e. The molecule has 5 aromatic rings. The van der Waals surface area contributed by atoms with E-state index < -0.39 is 11.6 Å². The summed E-state index contributed by atoms with van der Waals surface area (Å²) in [5.41, 5.74) is 4.52. The van der Waals surface area contributed by atoms with E-state index in [2.05, 4.69) is 57.4 Å². The van der Waals surface area contributed by atoms with Gasteiger partial charge in [-0.05, 0) is 70.8 Å². The lowest BCUT2D eigenvalue weighted by atomic mass is 9.80. The third-order valence-electron chi connectivity index (χ3n) is 8.65. The Kier molecular flexibility index (Phi) is 6.02. The van der Waals surface area contributed by atoms with Crippen LogP contribution in [-0.4, -0.2) is 6.18 Å². The number of hydrogen-bond donors (Lipinski definition) is 0. The lowest BCUT2D eigenvalue weighted by Crippen LogP contribution is -2.34. The zero-order valence-electron chi connectivity index (χ0n) is 25.1. The van der Waals surface area contributed by atoms with Gasteiger partial charge in [0.1, 0.15) is 18.5 Å². The molecule has 1 aromatic heterocycles. The molecule has 1 aliphatic heterocycles. The number of aryl methyl sites for hydroxylation is 3. The highest BCUT2D eigenvalue weighted by Gasteiger charge is 2.47. The fraction of sp³-hybridized carbons (Fsp3) is 0.361. The lowest BCUT2D eigenvalue weighted by Gasteiger charge is -2.30. The fourth-order valence-corrected chi connectivity index (χ4v) is 6.52. The summed E-state index contributed by atoms with van der Waals surface area (Å²) in [5.74, 6) is 1.64. The van der Waals surface area contributed by atoms with Crippen LogP contribution >= 0.6 is 0 Å². The molecule has 6 rings (SSSR count). The van der Waals surface area contributed by atoms with Crippen LogP contribution in [0.5, 0.6) is 11.5 Å². The number of nitrogens with zero attached hydrogens (tertiary/aromatic N) is 1. The number of aromatic nitrogens is 1. The molecule has 212 valence electrons. The molecule has 0 aliphatic carbocycles. The average molecular weight is 557 g/mol. The molecule has 0 fully saturated rings. The second-order valence-electron chi connectivity index (χ2n) is 13.7. The summed E-state index contributed by atoms with van der Waals surface area (Å²) in [6.45, 7) is 13.6. The topological polar surface area (TPSA) is 13.1 Å². The molecule has 0 amide bonds. The van der Waals surface area contributed by atoms with Gasteiger partial charge in [0.15, 0.2) is 6.20 Å². The van der Waals surface area contributed by atoms with Crippen LogP contribution in [0.1, 0.15) is 56.9 Å². The Balaban J connectivity index is 1.73. The van der Waals surface area contributed by atoms with Crippen molar-refractivity contribution in [2.24, 2.45) is 17.9 Å². The van der Waals surface area contributed by atoms with E-state index in [1.165, 1.54) is 35.7 Å². The predicted molar refractivity (Wildman–Crippen MR) is 162 cm³/mol. The van der Waals surface area contributed by atoms with E-state index in [9.17, 15) is 13.2 Å². The molecule has 0 atom stereocenters. The minimum Gasteiger partial charge on any atom is -0.455 e. The average Bonchev–Trinajstić information content (AvgIpc) is 2.86. The van der Waals surface area contributed by atoms with E-state index in [1.54, 1.807) is 0 Å². The van der Waals surface area contributed by atoms with Crippen LogP contribution in [-0.2, 0) is 19.9 Å². The summed E-state index contributed by atoms with van der Waals surface area (Å²) < 4.78 is 51.0. The summed E-state index contributed by atoms with van der Waals surface area (Å²) in [4.78, 5) is 0. The van der Waals surface area contributed by atoms with Crippen molar-refractivity contribution in [1.82, 2.24) is 0 Å². The van der Waals surface area contributed by atoms with Crippen molar-refractivity contribution in [2.75, 3.05) is 0 Å². The molecule has 0 spiro atoms. The molecule has 41 heavy (non-hydrogen) atoms. The van der Waals surface area contributed by atoms with Crippen LogP contribution in [0.25, 0.3) is 43.6 Å². The van der Waals surface area contributed by atoms with Crippen molar-refractivity contribution in [3.05, 3.63) is 77.0 Å². The Morgan fingerprint density at radius 2 is 1.54 bits per heavy atom. The van der Waals surface area contributed by atoms with Gasteiger partial charge in [-0.2, -0.15) is 13.2 Å². The maximum absolute atomic E-state index is 14.0. The molecule has 0 unspecified atom stereocenters. The Morgan fingerprint density at radius 1 is 0.805 bits per heavy atom. The van der Waals surface area contributed by atoms with E-state index in [0.717, 1.165) is 56.3 Å². The van der Waals surface area contributed by atoms with Crippen LogP contribution < -0.4 is 9.30 Å². The van der Waals surface area contributed by atoms with Gasteiger partial charge in [0, 0.05) is 17.0 Å². The molecule has 4 aromatic carbocycles. The number of alkyl halides is 3. The minimum atomic E-state index is -4.31. The molecule has 0 N–H and O–H groups in total. The van der Waals surface area contributed by atoms with E-state index in [4.69, 9.17) is 4.74 Å². The SMILES string of the molecule is Cc1ccc2c(CC(C)(C)C)c3c(c(C)c2c1)-c1c2c(cc4cccc(CC(C)(C)C(F)(F)F)c4c2cc[n+]1C)O3. The Morgan fingerprint density at radius 3 is 2.22 bits per heavy atom. The minimum absolute atomic E-state index is 0.0300. The van der Waals surface area contributed by atoms with Crippen molar-refractivity contribution in [2.45, 2.75) is 67.5 Å². The number of hydrogen-bond acceptors (Lipinski definition) is 1. The number of fused-ring (bicyclic) bond motifs is 5. The summed E-state index contributed by atoms with van der Waals surface area (Å²) in [6.07, 6.45) is -1.54. The summed E-state index contributed by atoms with van der Waals surface area (Å²) in [6, 6.07) is 16.3. The molecular weight excluding hydrogens is 519 g/mol. The largest absolute Gasteiger partial charge is 0.455 e. The van der Waals surface area contributed by atoms with Gasteiger partial charge in [-0.15, -0.1) is 0 Å². The monoisotopic (exact) mass is 556 g/mol. The molecular formula is C36H37F3NO+. The van der Waals surface area contributed by atoms with Crippen molar-refractivity contribution >= 4 is 32.3 Å². The molecule has 0 saturated heterocycles. The van der Waals surface area contributed by atoms with Crippen LogP contribution in [0.2, 0.25) is 0 Å². The predicted octanol–water partition coefficient (Wildman–Crippen LogP) is 10.1. The third-order valence-corrected chi connectivity index (χ3v) is 8.65. The molecule has 1 aliphatic rings. The van der Waals surface area contributed by atoms with Gasteiger partial charge in [-0.25, -0.2) is 4.57 Å². The van der Waals surface area contributed by atoms with Crippen LogP contribution in [0, 0.1) is 24.7 Å². The summed E-state index contributed by atoms with van der Waals surface area (Å²) in [7, 11) is 2.04. The summed E-state index contributed by atoms with van der Waals surface area (Å²) >= 11 is 0. The van der Waals surface area contributed by atoms with Crippen molar-refractivity contribution < 1.29 is 22.5 Å². The number of pyridine rings is 1. The maximum atomic E-state index is 14.0. The Hall–Kier alpha value is -3.60. The number of halogens is 3. The summed E-state index contributed by atoms with van der Waals surface area (Å²) in [5, 5.41) is 6.03. The Labute approximate surface area is 239 Å². The lowest BCUT2D eigenvalue weighted by molar-refractivity contribution is -0.659. The van der Waals surface area contributed by atoms with Crippen LogP contribution in [0.4, 0.5) is 13.2 Å². The number of ether oxygens (including phenoxy) is 1. The van der Waals surface area contributed by atoms with Crippen LogP contribution in [0.15, 0.2) is 54.7 Å². The van der Waals surface area contributed by atoms with E-state index in [1.807, 2.05) is 43.6 Å². The van der Waals surface area contributed by atoms with E-state index in [-0.39, 0.29) is 11.8 Å². The second-order valence-corrected chi connectivity index (χ2v) is 13.7. The first-order chi connectivity index (χ1) is 19.1. The van der Waals surface area contributed by atoms with Crippen molar-refractivity contribution in [3.63, 3.8) is 0 Å².